The van der Waals surface area contributed by atoms with Crippen molar-refractivity contribution < 1.29 is 13.2 Å². The van der Waals surface area contributed by atoms with E-state index in [2.05, 4.69) is 15.1 Å². The van der Waals surface area contributed by atoms with Crippen molar-refractivity contribution in [2.75, 3.05) is 92.1 Å². The second kappa shape index (κ2) is 8.94. The first-order valence-corrected chi connectivity index (χ1v) is 11.0. The van der Waals surface area contributed by atoms with Gasteiger partial charge in [-0.25, -0.2) is 0 Å². The number of amides is 1. The van der Waals surface area contributed by atoms with Crippen molar-refractivity contribution in [3.8, 4) is 0 Å². The van der Waals surface area contributed by atoms with Crippen LogP contribution in [0.4, 0.5) is 0 Å². The topological polar surface area (TPSA) is 79.4 Å². The van der Waals surface area contributed by atoms with Crippen LogP contribution in [0.25, 0.3) is 0 Å². The van der Waals surface area contributed by atoms with Crippen LogP contribution in [0.15, 0.2) is 0 Å². The maximum atomic E-state index is 12.8. The van der Waals surface area contributed by atoms with Gasteiger partial charge in [-0.1, -0.05) is 0 Å². The number of nitrogens with zero attached hydrogens (tertiary/aromatic N) is 5. The summed E-state index contributed by atoms with van der Waals surface area (Å²) in [6.07, 6.45) is 0.519. The van der Waals surface area contributed by atoms with Gasteiger partial charge in [0.05, 0.1) is 0 Å². The van der Waals surface area contributed by atoms with Gasteiger partial charge in [0.15, 0.2) is 0 Å². The molecule has 3 saturated heterocycles. The van der Waals surface area contributed by atoms with Crippen LogP contribution in [-0.4, -0.2) is 130 Å². The lowest BCUT2D eigenvalue weighted by molar-refractivity contribution is -0.132. The highest BCUT2D eigenvalue weighted by Gasteiger charge is 2.33. The Kier molecular flexibility index (Phi) is 6.87. The van der Waals surface area contributed by atoms with Gasteiger partial charge in [0.25, 0.3) is 10.2 Å². The number of carbonyl (C=O) groups excluding carboxylic acids is 1. The molecule has 3 heterocycles. The highest BCUT2D eigenvalue weighted by atomic mass is 32.2. The summed E-state index contributed by atoms with van der Waals surface area (Å²) in [6, 6.07) is 0. The summed E-state index contributed by atoms with van der Waals surface area (Å²) in [5.74, 6) is 0.207. The minimum Gasteiger partial charge on any atom is -0.340 e. The first-order chi connectivity index (χ1) is 12.5. The van der Waals surface area contributed by atoms with E-state index in [1.54, 1.807) is 8.61 Å². The summed E-state index contributed by atoms with van der Waals surface area (Å²) in [7, 11) is -1.33. The Morgan fingerprint density at radius 1 is 0.846 bits per heavy atom. The third-order valence-electron chi connectivity index (χ3n) is 5.56. The smallest absolute Gasteiger partial charge is 0.282 e. The fraction of sp³-hybridized carbons (Fsp3) is 0.938. The molecule has 3 rings (SSSR count). The zero-order chi connectivity index (χ0) is 18.6. The highest BCUT2D eigenvalue weighted by Crippen LogP contribution is 2.14. The van der Waals surface area contributed by atoms with Gasteiger partial charge in [-0.15, -0.1) is 0 Å². The van der Waals surface area contributed by atoms with Crippen LogP contribution in [0, 0.1) is 0 Å². The predicted octanol–water partition coefficient (Wildman–Crippen LogP) is -2.08. The molecule has 3 aliphatic rings. The number of hydrogen-bond donors (Lipinski definition) is 1. The molecule has 3 aliphatic heterocycles. The van der Waals surface area contributed by atoms with Crippen LogP contribution < -0.4 is 5.32 Å². The maximum absolute atomic E-state index is 12.8. The van der Waals surface area contributed by atoms with Crippen molar-refractivity contribution in [3.05, 3.63) is 0 Å². The molecule has 9 nitrogen and oxygen atoms in total. The number of rotatable bonds is 5. The summed E-state index contributed by atoms with van der Waals surface area (Å²) in [6.45, 7) is 9.15. The Labute approximate surface area is 157 Å². The normalized spacial score (nSPS) is 25.5. The Hall–Kier alpha value is -0.780. The molecule has 0 aromatic rings. The number of hydrogen-bond acceptors (Lipinski definition) is 6. The third-order valence-corrected chi connectivity index (χ3v) is 7.59. The molecule has 0 aliphatic carbocycles. The zero-order valence-corrected chi connectivity index (χ0v) is 16.6. The third kappa shape index (κ3) is 4.93. The standard InChI is InChI=1S/C16H32N6O3S/c1-18-8-12-21(13-9-18)26(24,25)22-14-10-19(11-15-22)5-2-16(23)20-6-3-17-4-7-20/h17H,2-15H2,1H3. The lowest BCUT2D eigenvalue weighted by Crippen LogP contribution is -2.56. The molecule has 0 saturated carbocycles. The maximum Gasteiger partial charge on any atom is 0.282 e. The van der Waals surface area contributed by atoms with E-state index in [4.69, 9.17) is 0 Å². The van der Waals surface area contributed by atoms with E-state index in [0.717, 1.165) is 39.3 Å². The molecule has 0 spiro atoms. The summed E-state index contributed by atoms with van der Waals surface area (Å²) in [4.78, 5) is 18.5. The zero-order valence-electron chi connectivity index (χ0n) is 15.8. The largest absolute Gasteiger partial charge is 0.340 e. The van der Waals surface area contributed by atoms with Crippen LogP contribution in [0.5, 0.6) is 0 Å². The van der Waals surface area contributed by atoms with E-state index in [1.165, 1.54) is 0 Å². The lowest BCUT2D eigenvalue weighted by Gasteiger charge is -2.39. The second-order valence-electron chi connectivity index (χ2n) is 7.33. The SMILES string of the molecule is CN1CCN(S(=O)(=O)N2CCN(CCC(=O)N3CCNCC3)CC2)CC1. The molecule has 0 atom stereocenters. The lowest BCUT2D eigenvalue weighted by atomic mass is 10.2. The molecule has 150 valence electrons. The summed E-state index contributed by atoms with van der Waals surface area (Å²) >= 11 is 0. The van der Waals surface area contributed by atoms with Crippen LogP contribution in [-0.2, 0) is 15.0 Å². The highest BCUT2D eigenvalue weighted by molar-refractivity contribution is 7.86. The van der Waals surface area contributed by atoms with Gasteiger partial charge in [-0.2, -0.15) is 17.0 Å². The van der Waals surface area contributed by atoms with Crippen LogP contribution in [0.2, 0.25) is 0 Å². The van der Waals surface area contributed by atoms with Gasteiger partial charge in [0, 0.05) is 91.5 Å². The van der Waals surface area contributed by atoms with E-state index < -0.39 is 10.2 Å². The van der Waals surface area contributed by atoms with Gasteiger partial charge >= 0.3 is 0 Å². The van der Waals surface area contributed by atoms with Crippen molar-refractivity contribution in [1.82, 2.24) is 28.6 Å². The first-order valence-electron chi connectivity index (χ1n) is 9.61. The van der Waals surface area contributed by atoms with Gasteiger partial charge in [-0.3, -0.25) is 4.79 Å². The van der Waals surface area contributed by atoms with E-state index >= 15 is 0 Å². The summed E-state index contributed by atoms with van der Waals surface area (Å²) in [5.41, 5.74) is 0. The van der Waals surface area contributed by atoms with Gasteiger partial charge in [0.2, 0.25) is 5.91 Å². The molecule has 0 unspecified atom stereocenters. The Bertz CT molecular complexity index is 565. The van der Waals surface area contributed by atoms with Crippen molar-refractivity contribution in [3.63, 3.8) is 0 Å². The molecule has 1 amide bonds. The molecule has 3 fully saturated rings. The molecule has 1 N–H and O–H groups in total. The van der Waals surface area contributed by atoms with Crippen LogP contribution >= 0.6 is 0 Å². The molecule has 0 aromatic heterocycles. The quantitative estimate of drug-likeness (QED) is 0.582. The fourth-order valence-electron chi connectivity index (χ4n) is 3.69. The summed E-state index contributed by atoms with van der Waals surface area (Å²) in [5, 5.41) is 3.25. The Morgan fingerprint density at radius 2 is 1.38 bits per heavy atom. The predicted molar refractivity (Wildman–Crippen MR) is 100 cm³/mol. The molecule has 0 aromatic carbocycles. The Morgan fingerprint density at radius 3 is 1.96 bits per heavy atom. The second-order valence-corrected chi connectivity index (χ2v) is 9.26. The monoisotopic (exact) mass is 388 g/mol. The molecule has 0 radical (unpaired) electrons. The number of piperazine rings is 3. The number of nitrogens with one attached hydrogen (secondary N) is 1. The van der Waals surface area contributed by atoms with Crippen molar-refractivity contribution in [2.24, 2.45) is 0 Å². The molecule has 0 bridgehead atoms. The van der Waals surface area contributed by atoms with Gasteiger partial charge < -0.3 is 20.0 Å². The van der Waals surface area contributed by atoms with Crippen molar-refractivity contribution in [2.45, 2.75) is 6.42 Å². The molecule has 10 heteroatoms. The van der Waals surface area contributed by atoms with E-state index in [-0.39, 0.29) is 5.91 Å². The minimum atomic E-state index is -3.35. The first kappa shape index (κ1) is 20.0. The fourth-order valence-corrected chi connectivity index (χ4v) is 5.27. The van der Waals surface area contributed by atoms with Crippen molar-refractivity contribution >= 4 is 16.1 Å². The number of likely N-dealkylation sites (N-methyl/N-ethyl adjacent to an activating group) is 1. The molecule has 26 heavy (non-hydrogen) atoms. The average Bonchev–Trinajstić information content (AvgIpc) is 2.67. The molecular weight excluding hydrogens is 356 g/mol. The van der Waals surface area contributed by atoms with E-state index in [0.29, 0.717) is 52.2 Å². The van der Waals surface area contributed by atoms with Crippen LogP contribution in [0.1, 0.15) is 6.42 Å². The Balaban J connectivity index is 1.41. The van der Waals surface area contributed by atoms with Crippen LogP contribution in [0.3, 0.4) is 0 Å². The van der Waals surface area contributed by atoms with Crippen molar-refractivity contribution in [1.29, 1.82) is 0 Å². The molecular formula is C16H32N6O3S. The van der Waals surface area contributed by atoms with E-state index in [9.17, 15) is 13.2 Å². The van der Waals surface area contributed by atoms with Gasteiger partial charge in [-0.05, 0) is 7.05 Å². The minimum absolute atomic E-state index is 0.207. The van der Waals surface area contributed by atoms with E-state index in [1.807, 2.05) is 11.9 Å². The summed E-state index contributed by atoms with van der Waals surface area (Å²) < 4.78 is 28.8. The number of carbonyl (C=O) groups is 1. The average molecular weight is 389 g/mol. The van der Waals surface area contributed by atoms with Gasteiger partial charge in [0.1, 0.15) is 0 Å².